The molecule has 3 heterocycles. The van der Waals surface area contributed by atoms with E-state index in [1.165, 1.54) is 0 Å². The predicted octanol–water partition coefficient (Wildman–Crippen LogP) is 1.60. The molecule has 0 aliphatic carbocycles. The van der Waals surface area contributed by atoms with Crippen molar-refractivity contribution in [3.8, 4) is 5.69 Å². The summed E-state index contributed by atoms with van der Waals surface area (Å²) >= 11 is 0. The van der Waals surface area contributed by atoms with E-state index in [9.17, 15) is 0 Å². The molecule has 3 aromatic rings. The highest BCUT2D eigenvalue weighted by Gasteiger charge is 2.22. The van der Waals surface area contributed by atoms with Crippen molar-refractivity contribution < 1.29 is 4.74 Å². The lowest BCUT2D eigenvalue weighted by molar-refractivity contribution is 0.177. The highest BCUT2D eigenvalue weighted by molar-refractivity contribution is 5.80. The molecule has 0 amide bonds. The third-order valence-corrected chi connectivity index (χ3v) is 5.15. The fourth-order valence-corrected chi connectivity index (χ4v) is 3.67. The van der Waals surface area contributed by atoms with Crippen molar-refractivity contribution in [1.29, 1.82) is 0 Å². The number of para-hydroxylation sites is 1. The number of rotatable bonds is 6. The first-order valence-electron chi connectivity index (χ1n) is 10.2. The Kier molecular flexibility index (Phi) is 6.08. The molecule has 4 rings (SSSR count). The summed E-state index contributed by atoms with van der Waals surface area (Å²) in [5.41, 5.74) is 3.20. The highest BCUT2D eigenvalue weighted by Crippen LogP contribution is 2.15. The summed E-state index contributed by atoms with van der Waals surface area (Å²) in [4.78, 5) is 8.94. The van der Waals surface area contributed by atoms with Gasteiger partial charge in [0.25, 0.3) is 0 Å². The topological polar surface area (TPSA) is 94.2 Å². The smallest absolute Gasteiger partial charge is 0.191 e. The molecule has 0 saturated heterocycles. The summed E-state index contributed by atoms with van der Waals surface area (Å²) in [6, 6.07) is 10.5. The number of hydrogen-bond donors (Lipinski definition) is 2. The van der Waals surface area contributed by atoms with Gasteiger partial charge in [-0.2, -0.15) is 10.2 Å². The number of methoxy groups -OCH3 is 1. The summed E-state index contributed by atoms with van der Waals surface area (Å²) < 4.78 is 9.02. The molecule has 2 aromatic heterocycles. The van der Waals surface area contributed by atoms with E-state index in [0.717, 1.165) is 53.9 Å². The van der Waals surface area contributed by atoms with Gasteiger partial charge in [0.1, 0.15) is 12.4 Å². The SMILES string of the molecule is CN=C(NCc1ccccc1-n1ccc(C)n1)NC1CCc2nc(COC)nn2C1. The van der Waals surface area contributed by atoms with Crippen LogP contribution in [0.1, 0.15) is 29.3 Å². The van der Waals surface area contributed by atoms with E-state index in [0.29, 0.717) is 13.2 Å². The van der Waals surface area contributed by atoms with Crippen molar-refractivity contribution in [2.75, 3.05) is 14.2 Å². The van der Waals surface area contributed by atoms with Crippen LogP contribution in [-0.2, 0) is 30.9 Å². The molecule has 1 unspecified atom stereocenters. The van der Waals surface area contributed by atoms with Crippen LogP contribution in [0.4, 0.5) is 0 Å². The van der Waals surface area contributed by atoms with Crippen LogP contribution in [0.3, 0.4) is 0 Å². The van der Waals surface area contributed by atoms with Crippen LogP contribution < -0.4 is 10.6 Å². The minimum atomic E-state index is 0.241. The Morgan fingerprint density at radius 2 is 2.13 bits per heavy atom. The Hall–Kier alpha value is -3.20. The minimum Gasteiger partial charge on any atom is -0.377 e. The van der Waals surface area contributed by atoms with Crippen LogP contribution in [0.5, 0.6) is 0 Å². The number of nitrogens with one attached hydrogen (secondary N) is 2. The summed E-state index contributed by atoms with van der Waals surface area (Å²) in [6.07, 6.45) is 3.85. The van der Waals surface area contributed by atoms with Gasteiger partial charge in [-0.05, 0) is 31.0 Å². The van der Waals surface area contributed by atoms with Crippen molar-refractivity contribution in [3.05, 3.63) is 59.4 Å². The van der Waals surface area contributed by atoms with Gasteiger partial charge in [-0.25, -0.2) is 14.3 Å². The molecule has 30 heavy (non-hydrogen) atoms. The molecule has 1 aromatic carbocycles. The zero-order valence-corrected chi connectivity index (χ0v) is 17.7. The maximum absolute atomic E-state index is 5.14. The molecule has 0 radical (unpaired) electrons. The van der Waals surface area contributed by atoms with Gasteiger partial charge in [-0.3, -0.25) is 4.99 Å². The normalized spacial score (nSPS) is 16.4. The van der Waals surface area contributed by atoms with Crippen LogP contribution >= 0.6 is 0 Å². The van der Waals surface area contributed by atoms with E-state index in [1.807, 2.05) is 40.7 Å². The van der Waals surface area contributed by atoms with Crippen LogP contribution in [0, 0.1) is 6.92 Å². The second-order valence-corrected chi connectivity index (χ2v) is 7.40. The zero-order chi connectivity index (χ0) is 20.9. The van der Waals surface area contributed by atoms with E-state index in [2.05, 4.69) is 42.9 Å². The molecular formula is C21H28N8O. The van der Waals surface area contributed by atoms with Gasteiger partial charge in [-0.15, -0.1) is 0 Å². The maximum Gasteiger partial charge on any atom is 0.191 e. The van der Waals surface area contributed by atoms with Gasteiger partial charge in [0.05, 0.1) is 17.9 Å². The van der Waals surface area contributed by atoms with E-state index in [-0.39, 0.29) is 6.04 Å². The fraction of sp³-hybridized carbons (Fsp3) is 0.429. The number of benzene rings is 1. The monoisotopic (exact) mass is 408 g/mol. The van der Waals surface area contributed by atoms with Crippen LogP contribution in [0.25, 0.3) is 5.69 Å². The first-order valence-corrected chi connectivity index (χ1v) is 10.2. The van der Waals surface area contributed by atoms with E-state index in [1.54, 1.807) is 14.2 Å². The summed E-state index contributed by atoms with van der Waals surface area (Å²) in [7, 11) is 3.45. The molecule has 9 nitrogen and oxygen atoms in total. The largest absolute Gasteiger partial charge is 0.377 e. The number of ether oxygens (including phenoxy) is 1. The van der Waals surface area contributed by atoms with Gasteiger partial charge in [0.2, 0.25) is 0 Å². The van der Waals surface area contributed by atoms with Crippen molar-refractivity contribution in [1.82, 2.24) is 35.2 Å². The second-order valence-electron chi connectivity index (χ2n) is 7.40. The van der Waals surface area contributed by atoms with E-state index >= 15 is 0 Å². The third-order valence-electron chi connectivity index (χ3n) is 5.15. The molecule has 1 aliphatic heterocycles. The van der Waals surface area contributed by atoms with Gasteiger partial charge >= 0.3 is 0 Å². The summed E-state index contributed by atoms with van der Waals surface area (Å²) in [6.45, 7) is 3.84. The summed E-state index contributed by atoms with van der Waals surface area (Å²) in [5, 5.41) is 16.0. The highest BCUT2D eigenvalue weighted by atomic mass is 16.5. The predicted molar refractivity (Wildman–Crippen MR) is 114 cm³/mol. The standard InChI is InChI=1S/C21H28N8O/c1-15-10-11-28(26-15)18-7-5-4-6-16(18)12-23-21(22-2)24-17-8-9-20-25-19(14-30-3)27-29(20)13-17/h4-7,10-11,17H,8-9,12-14H2,1-3H3,(H2,22,23,24). The van der Waals surface area contributed by atoms with Gasteiger partial charge in [0.15, 0.2) is 11.8 Å². The lowest BCUT2D eigenvalue weighted by Gasteiger charge is -2.25. The Morgan fingerprint density at radius 3 is 2.90 bits per heavy atom. The lowest BCUT2D eigenvalue weighted by atomic mass is 10.1. The molecule has 0 bridgehead atoms. The number of guanidine groups is 1. The molecule has 0 saturated carbocycles. The molecular weight excluding hydrogens is 380 g/mol. The van der Waals surface area contributed by atoms with Crippen LogP contribution in [0.15, 0.2) is 41.5 Å². The maximum atomic E-state index is 5.14. The molecule has 0 fully saturated rings. The summed E-state index contributed by atoms with van der Waals surface area (Å²) in [5.74, 6) is 2.53. The number of aryl methyl sites for hydroxylation is 2. The molecule has 2 N–H and O–H groups in total. The van der Waals surface area contributed by atoms with Crippen molar-refractivity contribution in [2.24, 2.45) is 4.99 Å². The Bertz CT molecular complexity index is 1020. The number of aromatic nitrogens is 5. The molecule has 9 heteroatoms. The van der Waals surface area contributed by atoms with E-state index in [4.69, 9.17) is 4.74 Å². The molecule has 158 valence electrons. The Labute approximate surface area is 176 Å². The van der Waals surface area contributed by atoms with Crippen LogP contribution in [0.2, 0.25) is 0 Å². The number of nitrogens with zero attached hydrogens (tertiary/aromatic N) is 6. The average molecular weight is 409 g/mol. The lowest BCUT2D eigenvalue weighted by Crippen LogP contribution is -2.46. The van der Waals surface area contributed by atoms with Crippen molar-refractivity contribution >= 4 is 5.96 Å². The van der Waals surface area contributed by atoms with Crippen molar-refractivity contribution in [3.63, 3.8) is 0 Å². The van der Waals surface area contributed by atoms with Gasteiger partial charge < -0.3 is 15.4 Å². The third kappa shape index (κ3) is 4.51. The second kappa shape index (κ2) is 9.08. The zero-order valence-electron chi connectivity index (χ0n) is 17.7. The fourth-order valence-electron chi connectivity index (χ4n) is 3.67. The molecule has 1 aliphatic rings. The number of fused-ring (bicyclic) bond motifs is 1. The van der Waals surface area contributed by atoms with Crippen molar-refractivity contribution in [2.45, 2.75) is 45.5 Å². The van der Waals surface area contributed by atoms with E-state index < -0.39 is 0 Å². The average Bonchev–Trinajstić information content (AvgIpc) is 3.36. The molecule has 1 atom stereocenters. The van der Waals surface area contributed by atoms with Gasteiger partial charge in [0, 0.05) is 39.4 Å². The Balaban J connectivity index is 1.38. The quantitative estimate of drug-likeness (QED) is 0.475. The van der Waals surface area contributed by atoms with Gasteiger partial charge in [-0.1, -0.05) is 18.2 Å². The van der Waals surface area contributed by atoms with Crippen LogP contribution in [-0.4, -0.2) is 50.7 Å². The number of aliphatic imine (C=N–C) groups is 1. The Morgan fingerprint density at radius 1 is 1.27 bits per heavy atom. The number of hydrogen-bond acceptors (Lipinski definition) is 5. The first kappa shape index (κ1) is 20.1. The first-order chi connectivity index (χ1) is 14.7. The minimum absolute atomic E-state index is 0.241. The molecule has 0 spiro atoms.